The van der Waals surface area contributed by atoms with Gasteiger partial charge in [0.1, 0.15) is 0 Å². The number of carbonyl (C=O) groups excluding carboxylic acids is 1. The first-order valence-electron chi connectivity index (χ1n) is 10.4. The summed E-state index contributed by atoms with van der Waals surface area (Å²) in [5.41, 5.74) is 0.171. The summed E-state index contributed by atoms with van der Waals surface area (Å²) >= 11 is -0.172. The number of aliphatic hydroxyl groups excluding tert-OH is 1. The molecule has 2 aromatic carbocycles. The molecule has 0 aliphatic carbocycles. The summed E-state index contributed by atoms with van der Waals surface area (Å²) in [6.07, 6.45) is -3.50. The van der Waals surface area contributed by atoms with Crippen molar-refractivity contribution in [3.05, 3.63) is 66.2 Å². The summed E-state index contributed by atoms with van der Waals surface area (Å²) < 4.78 is 25.3. The predicted molar refractivity (Wildman–Crippen MR) is 116 cm³/mol. The van der Waals surface area contributed by atoms with Crippen molar-refractivity contribution in [3.8, 4) is 0 Å². The van der Waals surface area contributed by atoms with Crippen molar-refractivity contribution in [1.82, 2.24) is 0 Å². The molecule has 2 saturated heterocycles. The molecule has 2 aromatic rings. The van der Waals surface area contributed by atoms with Crippen molar-refractivity contribution in [2.45, 2.75) is 56.5 Å². The number of hydrogen-bond acceptors (Lipinski definition) is 6. The second kappa shape index (κ2) is 9.41. The van der Waals surface area contributed by atoms with E-state index in [1.54, 1.807) is 20.8 Å². The number of benzene rings is 2. The van der Waals surface area contributed by atoms with Gasteiger partial charge in [0.2, 0.25) is 0 Å². The van der Waals surface area contributed by atoms with E-state index in [1.807, 2.05) is 60.7 Å². The Bertz CT molecular complexity index is 869. The summed E-state index contributed by atoms with van der Waals surface area (Å²) in [4.78, 5) is 12.7. The van der Waals surface area contributed by atoms with Crippen LogP contribution < -0.4 is 4.46 Å². The molecule has 0 amide bonds. The maximum absolute atomic E-state index is 12.7. The molecule has 6 nitrogen and oxygen atoms in total. The van der Waals surface area contributed by atoms with Crippen LogP contribution in [0.3, 0.4) is 0 Å². The van der Waals surface area contributed by atoms with Crippen molar-refractivity contribution < 1.29 is 28.8 Å². The standard InChI is InChI=1S/C24H28O6Se/c1-24(2,3)23(26)30-20-18(25)22(31-16-12-8-5-9-13-16)28-17-14-27-21(29-19(17)20)15-10-6-4-7-11-15/h4-13,17-22,25H,14H2,1-3H3/t17-,18-,19-,20-,21-,22+/m1/s1. The Morgan fingerprint density at radius 3 is 2.32 bits per heavy atom. The zero-order valence-corrected chi connectivity index (χ0v) is 19.6. The zero-order valence-electron chi connectivity index (χ0n) is 17.8. The molecule has 1 N–H and O–H groups in total. The van der Waals surface area contributed by atoms with Crippen LogP contribution in [0.2, 0.25) is 0 Å². The number of rotatable bonds is 4. The van der Waals surface area contributed by atoms with E-state index in [0.29, 0.717) is 6.61 Å². The quantitative estimate of drug-likeness (QED) is 0.522. The minimum atomic E-state index is -0.998. The molecule has 4 rings (SSSR count). The first kappa shape index (κ1) is 22.5. The molecule has 2 heterocycles. The molecule has 2 aliphatic heterocycles. The monoisotopic (exact) mass is 492 g/mol. The zero-order chi connectivity index (χ0) is 22.0. The molecule has 6 atom stereocenters. The Morgan fingerprint density at radius 2 is 1.68 bits per heavy atom. The van der Waals surface area contributed by atoms with Crippen LogP contribution in [0.15, 0.2) is 60.7 Å². The molecule has 166 valence electrons. The molecule has 31 heavy (non-hydrogen) atoms. The average Bonchev–Trinajstić information content (AvgIpc) is 2.77. The van der Waals surface area contributed by atoms with Gasteiger partial charge >= 0.3 is 189 Å². The van der Waals surface area contributed by atoms with E-state index in [1.165, 1.54) is 0 Å². The number of fused-ring (bicyclic) bond motifs is 1. The Labute approximate surface area is 189 Å². The van der Waals surface area contributed by atoms with Gasteiger partial charge in [-0.25, -0.2) is 0 Å². The van der Waals surface area contributed by atoms with Crippen LogP contribution >= 0.6 is 0 Å². The summed E-state index contributed by atoms with van der Waals surface area (Å²) in [6.45, 7) is 5.67. The molecule has 0 aromatic heterocycles. The molecular weight excluding hydrogens is 463 g/mol. The second-order valence-corrected chi connectivity index (χ2v) is 11.2. The number of hydrogen-bond donors (Lipinski definition) is 1. The van der Waals surface area contributed by atoms with E-state index in [9.17, 15) is 9.90 Å². The van der Waals surface area contributed by atoms with Gasteiger partial charge in [0.25, 0.3) is 0 Å². The summed E-state index contributed by atoms with van der Waals surface area (Å²) in [5.74, 6) is -0.380. The number of ether oxygens (including phenoxy) is 4. The molecule has 2 aliphatic rings. The van der Waals surface area contributed by atoms with Gasteiger partial charge in [-0.05, 0) is 0 Å². The fraction of sp³-hybridized carbons (Fsp3) is 0.458. The second-order valence-electron chi connectivity index (χ2n) is 8.76. The van der Waals surface area contributed by atoms with E-state index in [4.69, 9.17) is 18.9 Å². The normalized spacial score (nSPS) is 31.0. The first-order chi connectivity index (χ1) is 14.8. The van der Waals surface area contributed by atoms with E-state index in [-0.39, 0.29) is 20.9 Å². The van der Waals surface area contributed by atoms with Gasteiger partial charge in [-0.1, -0.05) is 0 Å². The van der Waals surface area contributed by atoms with Crippen LogP contribution in [0.5, 0.6) is 0 Å². The van der Waals surface area contributed by atoms with Crippen LogP contribution in [-0.4, -0.2) is 62.1 Å². The topological polar surface area (TPSA) is 74.2 Å². The third kappa shape index (κ3) is 5.20. The van der Waals surface area contributed by atoms with Gasteiger partial charge in [-0.2, -0.15) is 0 Å². The number of carbonyl (C=O) groups is 1. The van der Waals surface area contributed by atoms with Gasteiger partial charge in [-0.3, -0.25) is 0 Å². The maximum atomic E-state index is 12.7. The minimum absolute atomic E-state index is 0.172. The van der Waals surface area contributed by atoms with Gasteiger partial charge in [0.15, 0.2) is 0 Å². The molecule has 0 saturated carbocycles. The fourth-order valence-electron chi connectivity index (χ4n) is 3.51. The molecule has 0 radical (unpaired) electrons. The Balaban J connectivity index is 1.57. The molecule has 0 unspecified atom stereocenters. The molecule has 0 bridgehead atoms. The Morgan fingerprint density at radius 1 is 1.03 bits per heavy atom. The van der Waals surface area contributed by atoms with Crippen molar-refractivity contribution in [2.24, 2.45) is 5.41 Å². The van der Waals surface area contributed by atoms with Crippen molar-refractivity contribution in [3.63, 3.8) is 0 Å². The first-order valence-corrected chi connectivity index (χ1v) is 12.3. The van der Waals surface area contributed by atoms with Gasteiger partial charge in [0.05, 0.1) is 0 Å². The summed E-state index contributed by atoms with van der Waals surface area (Å²) in [5, 5.41) is 10.7. The van der Waals surface area contributed by atoms with E-state index < -0.39 is 41.1 Å². The van der Waals surface area contributed by atoms with Crippen LogP contribution in [0.25, 0.3) is 0 Å². The molecular formula is C24H28O6Se. The van der Waals surface area contributed by atoms with Crippen LogP contribution in [0.1, 0.15) is 32.6 Å². The van der Waals surface area contributed by atoms with Gasteiger partial charge < -0.3 is 0 Å². The van der Waals surface area contributed by atoms with Crippen LogP contribution in [0, 0.1) is 5.41 Å². The fourth-order valence-corrected chi connectivity index (χ4v) is 5.76. The third-order valence-corrected chi connectivity index (χ3v) is 7.68. The molecule has 7 heteroatoms. The summed E-state index contributed by atoms with van der Waals surface area (Å²) in [6, 6.07) is 19.5. The van der Waals surface area contributed by atoms with Crippen molar-refractivity contribution >= 4 is 25.4 Å². The van der Waals surface area contributed by atoms with Crippen molar-refractivity contribution in [2.75, 3.05) is 6.61 Å². The Kier molecular flexibility index (Phi) is 6.82. The average molecular weight is 491 g/mol. The number of esters is 1. The van der Waals surface area contributed by atoms with E-state index >= 15 is 0 Å². The van der Waals surface area contributed by atoms with E-state index in [2.05, 4.69) is 0 Å². The predicted octanol–water partition coefficient (Wildman–Crippen LogP) is 2.17. The van der Waals surface area contributed by atoms with E-state index in [0.717, 1.165) is 10.0 Å². The number of aliphatic hydroxyl groups is 1. The third-order valence-electron chi connectivity index (χ3n) is 5.23. The SMILES string of the molecule is CC(C)(C)C(=O)O[C@@H]1[C@@H](O)[C@H]([Se]c2ccccc2)O[C@@H]2CO[C@@H](c3ccccc3)O[C@@H]12. The van der Waals surface area contributed by atoms with Crippen molar-refractivity contribution in [1.29, 1.82) is 0 Å². The van der Waals surface area contributed by atoms with Gasteiger partial charge in [0, 0.05) is 0 Å². The Hall–Kier alpha value is -1.73. The van der Waals surface area contributed by atoms with Crippen LogP contribution in [0.4, 0.5) is 0 Å². The van der Waals surface area contributed by atoms with Gasteiger partial charge in [-0.15, -0.1) is 0 Å². The molecule has 0 spiro atoms. The molecule has 2 fully saturated rings. The van der Waals surface area contributed by atoms with Crippen LogP contribution in [-0.2, 0) is 23.7 Å². The summed E-state index contributed by atoms with van der Waals surface area (Å²) in [7, 11) is 0.